The SMILES string of the molecule is COCCOc1nc(P(C)(C)=O)ccc1Nc1nccc(-c2cc(C#N)c3c(c2)[C@@](C)(CO[Si](C)(C)C(C)(C)C)CN3C(=O)OC(C)(C)C)n1. The average molecular weight is 723 g/mol. The first-order valence-corrected chi connectivity index (χ1v) is 22.1. The number of fused-ring (bicyclic) bond motifs is 1. The lowest BCUT2D eigenvalue weighted by atomic mass is 9.83. The molecule has 4 rings (SSSR count). The monoisotopic (exact) mass is 722 g/mol. The van der Waals surface area contributed by atoms with Gasteiger partial charge in [0.05, 0.1) is 23.6 Å². The molecule has 1 N–H and O–H groups in total. The zero-order chi connectivity index (χ0) is 37.3. The van der Waals surface area contributed by atoms with Crippen LogP contribution >= 0.6 is 7.14 Å². The number of pyridine rings is 1. The van der Waals surface area contributed by atoms with Gasteiger partial charge in [-0.05, 0) is 88.1 Å². The first kappa shape index (κ1) is 39.0. The fourth-order valence-corrected chi connectivity index (χ4v) is 7.02. The van der Waals surface area contributed by atoms with Crippen molar-refractivity contribution in [1.29, 1.82) is 5.26 Å². The van der Waals surface area contributed by atoms with Crippen molar-refractivity contribution in [3.8, 4) is 23.2 Å². The molecule has 1 amide bonds. The predicted octanol–water partition coefficient (Wildman–Crippen LogP) is 7.46. The lowest BCUT2D eigenvalue weighted by Crippen LogP contribution is -2.46. The van der Waals surface area contributed by atoms with Gasteiger partial charge in [0.2, 0.25) is 11.8 Å². The van der Waals surface area contributed by atoms with Crippen LogP contribution in [0, 0.1) is 11.3 Å². The van der Waals surface area contributed by atoms with Gasteiger partial charge in [0.1, 0.15) is 36.5 Å². The standard InChI is InChI=1S/C36H51N6O6PSi/c1-34(2,3)48-33(43)42-22-36(7,23-47-50(11,12)35(4,5)6)26-20-24(19-25(21-37)30(26)42)27-15-16-38-32(39-27)40-28-13-14-29(49(9,10)44)41-31(28)46-18-17-45-8/h13-16,19-20H,17-18,22-23H2,1-12H3,(H,38,39,40)/t36-/m1/s1. The number of ether oxygens (including phenoxy) is 3. The van der Waals surface area contributed by atoms with E-state index in [4.69, 9.17) is 23.6 Å². The molecule has 0 aliphatic carbocycles. The maximum Gasteiger partial charge on any atom is 0.414 e. The number of hydrogen-bond acceptors (Lipinski definition) is 11. The molecule has 0 spiro atoms. The molecule has 0 radical (unpaired) electrons. The number of benzene rings is 1. The third-order valence-corrected chi connectivity index (χ3v) is 14.8. The molecule has 1 aliphatic rings. The summed E-state index contributed by atoms with van der Waals surface area (Å²) in [4.78, 5) is 28.9. The minimum atomic E-state index is -2.65. The lowest BCUT2D eigenvalue weighted by molar-refractivity contribution is 0.0575. The number of amides is 1. The normalized spacial score (nSPS) is 16.5. The van der Waals surface area contributed by atoms with E-state index in [-0.39, 0.29) is 30.0 Å². The van der Waals surface area contributed by atoms with Crippen molar-refractivity contribution in [3.63, 3.8) is 0 Å². The van der Waals surface area contributed by atoms with Gasteiger partial charge in [0.15, 0.2) is 8.32 Å². The molecule has 14 heteroatoms. The Morgan fingerprint density at radius 3 is 2.40 bits per heavy atom. The van der Waals surface area contributed by atoms with E-state index in [0.29, 0.717) is 46.8 Å². The molecule has 1 atom stereocenters. The fraction of sp³-hybridized carbons (Fsp3) is 0.528. The van der Waals surface area contributed by atoms with Crippen LogP contribution in [0.15, 0.2) is 36.5 Å². The Labute approximate surface area is 297 Å². The Hall–Kier alpha value is -3.82. The van der Waals surface area contributed by atoms with Crippen LogP contribution in [0.2, 0.25) is 18.1 Å². The number of nitrogens with one attached hydrogen (secondary N) is 1. The molecule has 50 heavy (non-hydrogen) atoms. The van der Waals surface area contributed by atoms with Crippen LogP contribution in [0.5, 0.6) is 5.88 Å². The molecule has 12 nitrogen and oxygen atoms in total. The number of aromatic nitrogens is 3. The minimum absolute atomic E-state index is 0.0169. The Balaban J connectivity index is 1.78. The molecular weight excluding hydrogens is 671 g/mol. The maximum atomic E-state index is 13.6. The number of carbonyl (C=O) groups is 1. The van der Waals surface area contributed by atoms with E-state index in [9.17, 15) is 14.6 Å². The summed E-state index contributed by atoms with van der Waals surface area (Å²) in [6.45, 7) is 23.0. The van der Waals surface area contributed by atoms with Crippen molar-refractivity contribution in [2.24, 2.45) is 0 Å². The van der Waals surface area contributed by atoms with Gasteiger partial charge >= 0.3 is 6.09 Å². The fourth-order valence-electron chi connectivity index (χ4n) is 5.14. The first-order chi connectivity index (χ1) is 23.1. The van der Waals surface area contributed by atoms with Crippen molar-refractivity contribution in [3.05, 3.63) is 47.7 Å². The molecule has 0 fully saturated rings. The van der Waals surface area contributed by atoms with Crippen LogP contribution in [0.1, 0.15) is 59.6 Å². The van der Waals surface area contributed by atoms with E-state index in [0.717, 1.165) is 5.56 Å². The van der Waals surface area contributed by atoms with Gasteiger partial charge in [-0.1, -0.05) is 27.7 Å². The summed E-state index contributed by atoms with van der Waals surface area (Å²) in [5, 5.41) is 13.6. The number of methoxy groups -OCH3 is 1. The molecule has 0 bridgehead atoms. The Morgan fingerprint density at radius 1 is 1.10 bits per heavy atom. The van der Waals surface area contributed by atoms with E-state index < -0.39 is 32.6 Å². The number of hydrogen-bond donors (Lipinski definition) is 1. The highest BCUT2D eigenvalue weighted by molar-refractivity contribution is 7.69. The molecule has 3 aromatic rings. The molecular formula is C36H51N6O6PSi. The molecule has 1 aliphatic heterocycles. The summed E-state index contributed by atoms with van der Waals surface area (Å²) in [5.41, 5.74) is 2.46. The van der Waals surface area contributed by atoms with E-state index in [2.05, 4.69) is 62.1 Å². The van der Waals surface area contributed by atoms with E-state index in [1.807, 2.05) is 26.8 Å². The van der Waals surface area contributed by atoms with Crippen LogP contribution in [-0.2, 0) is 23.9 Å². The Kier molecular flexibility index (Phi) is 11.2. The highest BCUT2D eigenvalue weighted by Crippen LogP contribution is 2.47. The summed E-state index contributed by atoms with van der Waals surface area (Å²) < 4.78 is 36.3. The van der Waals surface area contributed by atoms with Gasteiger partial charge in [-0.15, -0.1) is 0 Å². The van der Waals surface area contributed by atoms with Gasteiger partial charge in [0, 0.05) is 37.4 Å². The molecule has 0 saturated heterocycles. The van der Waals surface area contributed by atoms with Crippen molar-refractivity contribution in [2.45, 2.75) is 77.6 Å². The summed E-state index contributed by atoms with van der Waals surface area (Å²) in [6.07, 6.45) is 1.11. The zero-order valence-electron chi connectivity index (χ0n) is 31.4. The van der Waals surface area contributed by atoms with Crippen molar-refractivity contribution < 1.29 is 28.0 Å². The van der Waals surface area contributed by atoms with Crippen molar-refractivity contribution in [1.82, 2.24) is 15.0 Å². The quantitative estimate of drug-likeness (QED) is 0.119. The summed E-state index contributed by atoms with van der Waals surface area (Å²) in [6, 6.07) is 11.2. The minimum Gasteiger partial charge on any atom is -0.474 e. The number of nitriles is 1. The number of nitrogens with zero attached hydrogens (tertiary/aromatic N) is 5. The smallest absolute Gasteiger partial charge is 0.414 e. The summed E-state index contributed by atoms with van der Waals surface area (Å²) >= 11 is 0. The van der Waals surface area contributed by atoms with Crippen LogP contribution in [0.3, 0.4) is 0 Å². The largest absolute Gasteiger partial charge is 0.474 e. The predicted molar refractivity (Wildman–Crippen MR) is 200 cm³/mol. The summed E-state index contributed by atoms with van der Waals surface area (Å²) in [5.74, 6) is 0.518. The molecule has 0 saturated carbocycles. The number of carbonyl (C=O) groups excluding carboxylic acids is 1. The second-order valence-corrected chi connectivity index (χ2v) is 23.8. The highest BCUT2D eigenvalue weighted by atomic mass is 31.2. The molecule has 270 valence electrons. The maximum absolute atomic E-state index is 13.6. The topological polar surface area (TPSA) is 149 Å². The third-order valence-electron chi connectivity index (χ3n) is 8.95. The van der Waals surface area contributed by atoms with Crippen molar-refractivity contribution >= 4 is 44.3 Å². The molecule has 2 aromatic heterocycles. The highest BCUT2D eigenvalue weighted by Gasteiger charge is 2.47. The van der Waals surface area contributed by atoms with E-state index >= 15 is 0 Å². The molecule has 0 unspecified atom stereocenters. The van der Waals surface area contributed by atoms with Gasteiger partial charge in [-0.2, -0.15) is 5.26 Å². The van der Waals surface area contributed by atoms with Crippen LogP contribution in [-0.4, -0.2) is 81.8 Å². The van der Waals surface area contributed by atoms with Gasteiger partial charge in [0.25, 0.3) is 0 Å². The second kappa shape index (κ2) is 14.4. The lowest BCUT2D eigenvalue weighted by Gasteiger charge is -2.39. The van der Waals surface area contributed by atoms with Crippen LogP contribution < -0.4 is 20.4 Å². The van der Waals surface area contributed by atoms with Crippen LogP contribution in [0.4, 0.5) is 22.1 Å². The summed E-state index contributed by atoms with van der Waals surface area (Å²) in [7, 11) is -3.24. The Morgan fingerprint density at radius 2 is 1.80 bits per heavy atom. The van der Waals surface area contributed by atoms with E-state index in [1.54, 1.807) is 55.8 Å². The van der Waals surface area contributed by atoms with Gasteiger partial charge in [-0.3, -0.25) is 4.90 Å². The van der Waals surface area contributed by atoms with Crippen LogP contribution in [0.25, 0.3) is 11.3 Å². The third kappa shape index (κ3) is 8.90. The first-order valence-electron chi connectivity index (χ1n) is 16.6. The van der Waals surface area contributed by atoms with Gasteiger partial charge < -0.3 is 28.5 Å². The van der Waals surface area contributed by atoms with Crippen molar-refractivity contribution in [2.75, 3.05) is 57.0 Å². The molecule has 1 aromatic carbocycles. The van der Waals surface area contributed by atoms with E-state index in [1.165, 1.54) is 0 Å². The molecule has 3 heterocycles. The van der Waals surface area contributed by atoms with Gasteiger partial charge in [-0.25, -0.2) is 19.7 Å². The average Bonchev–Trinajstić information content (AvgIpc) is 3.31. The number of rotatable bonds is 11. The second-order valence-electron chi connectivity index (χ2n) is 15.8. The Bertz CT molecular complexity index is 1830. The number of anilines is 3. The zero-order valence-corrected chi connectivity index (χ0v) is 33.3.